The summed E-state index contributed by atoms with van der Waals surface area (Å²) in [5.74, 6) is 0.0694. The fraction of sp³-hybridized carbons (Fsp3) is 0. The summed E-state index contributed by atoms with van der Waals surface area (Å²) in [6, 6.07) is 0. The molecule has 0 aliphatic rings. The Bertz CT molecular complexity index is 274. The van der Waals surface area contributed by atoms with E-state index in [4.69, 9.17) is 17.3 Å². The average molecular weight is 177 g/mol. The number of thiazole rings is 1. The van der Waals surface area contributed by atoms with E-state index in [1.807, 2.05) is 0 Å². The molecule has 0 radical (unpaired) electrons. The van der Waals surface area contributed by atoms with E-state index in [2.05, 4.69) is 17.2 Å². The van der Waals surface area contributed by atoms with Gasteiger partial charge in [0.15, 0.2) is 3.95 Å². The van der Waals surface area contributed by atoms with Crippen LogP contribution in [0.15, 0.2) is 0 Å². The minimum absolute atomic E-state index is 0.0694. The standard InChI is InChI=1S/C4H3NOS3/c6-3-2(1-7)9-4(8)5-3/h1,6H,(H,5,8). The first kappa shape index (κ1) is 6.85. The predicted octanol–water partition coefficient (Wildman–Crippen LogP) is 1.86. The topological polar surface area (TPSA) is 36.0 Å². The van der Waals surface area contributed by atoms with Crippen LogP contribution in [0.1, 0.15) is 4.88 Å². The van der Waals surface area contributed by atoms with Crippen molar-refractivity contribution in [3.63, 3.8) is 0 Å². The maximum Gasteiger partial charge on any atom is 0.208 e. The van der Waals surface area contributed by atoms with Crippen molar-refractivity contribution in [2.24, 2.45) is 0 Å². The average Bonchev–Trinajstić information content (AvgIpc) is 2.10. The number of aromatic amines is 1. The van der Waals surface area contributed by atoms with Gasteiger partial charge in [0, 0.05) is 5.37 Å². The van der Waals surface area contributed by atoms with E-state index in [1.54, 1.807) is 0 Å². The molecule has 1 aromatic heterocycles. The summed E-state index contributed by atoms with van der Waals surface area (Å²) in [6.07, 6.45) is 0. The second kappa shape index (κ2) is 2.55. The van der Waals surface area contributed by atoms with Gasteiger partial charge in [0.05, 0.1) is 0 Å². The van der Waals surface area contributed by atoms with E-state index in [0.717, 1.165) is 0 Å². The van der Waals surface area contributed by atoms with Crippen LogP contribution in [0.4, 0.5) is 0 Å². The number of nitrogens with one attached hydrogen (secondary N) is 1. The van der Waals surface area contributed by atoms with Crippen LogP contribution >= 0.6 is 35.8 Å². The maximum atomic E-state index is 8.92. The molecule has 0 saturated carbocycles. The molecule has 0 aliphatic heterocycles. The summed E-state index contributed by atoms with van der Waals surface area (Å²) < 4.78 is 0.545. The summed E-state index contributed by atoms with van der Waals surface area (Å²) in [6.45, 7) is 0. The molecule has 1 rings (SSSR count). The molecule has 0 aromatic carbocycles. The van der Waals surface area contributed by atoms with Crippen LogP contribution in [-0.4, -0.2) is 15.5 Å². The zero-order valence-corrected chi connectivity index (χ0v) is 6.70. The van der Waals surface area contributed by atoms with Crippen LogP contribution in [0.2, 0.25) is 0 Å². The highest BCUT2D eigenvalue weighted by Gasteiger charge is 1.98. The lowest BCUT2D eigenvalue weighted by molar-refractivity contribution is 0.456. The minimum Gasteiger partial charge on any atom is -0.494 e. The van der Waals surface area contributed by atoms with Gasteiger partial charge in [-0.2, -0.15) is 0 Å². The lowest BCUT2D eigenvalue weighted by Crippen LogP contribution is -1.68. The van der Waals surface area contributed by atoms with Gasteiger partial charge in [-0.3, -0.25) is 0 Å². The molecular formula is C4H3NOS3. The Labute approximate surface area is 66.2 Å². The summed E-state index contributed by atoms with van der Waals surface area (Å²) in [7, 11) is 0. The molecule has 0 fully saturated rings. The van der Waals surface area contributed by atoms with Crippen molar-refractivity contribution >= 4 is 41.1 Å². The number of rotatable bonds is 1. The Morgan fingerprint density at radius 3 is 2.56 bits per heavy atom. The van der Waals surface area contributed by atoms with E-state index in [0.29, 0.717) is 8.83 Å². The Hall–Kier alpha value is -0.260. The highest BCUT2D eigenvalue weighted by molar-refractivity contribution is 7.79. The Morgan fingerprint density at radius 2 is 2.33 bits per heavy atom. The van der Waals surface area contributed by atoms with Crippen LogP contribution in [-0.2, 0) is 0 Å². The largest absolute Gasteiger partial charge is 0.494 e. The van der Waals surface area contributed by atoms with E-state index < -0.39 is 0 Å². The van der Waals surface area contributed by atoms with Crippen LogP contribution in [0.5, 0.6) is 5.88 Å². The van der Waals surface area contributed by atoms with Crippen molar-refractivity contribution in [2.45, 2.75) is 0 Å². The zero-order valence-electron chi connectivity index (χ0n) is 4.25. The number of thiocarbonyl (C=S) groups is 1. The molecule has 0 aliphatic carbocycles. The van der Waals surface area contributed by atoms with Gasteiger partial charge < -0.3 is 10.1 Å². The summed E-state index contributed by atoms with van der Waals surface area (Å²) in [5, 5.41) is 10.3. The molecule has 0 atom stereocenters. The van der Waals surface area contributed by atoms with Crippen molar-refractivity contribution in [2.75, 3.05) is 0 Å². The van der Waals surface area contributed by atoms with E-state index in [9.17, 15) is 0 Å². The molecule has 1 aromatic rings. The molecule has 0 saturated heterocycles. The quantitative estimate of drug-likeness (QED) is 0.643. The molecular weight excluding hydrogens is 174 g/mol. The third-order valence-electron chi connectivity index (χ3n) is 0.764. The highest BCUT2D eigenvalue weighted by atomic mass is 32.1. The zero-order chi connectivity index (χ0) is 6.85. The molecule has 0 bridgehead atoms. The molecule has 48 valence electrons. The molecule has 5 heteroatoms. The molecule has 2 nitrogen and oxygen atoms in total. The fourth-order valence-corrected chi connectivity index (χ4v) is 1.58. The van der Waals surface area contributed by atoms with Crippen molar-refractivity contribution in [1.29, 1.82) is 0 Å². The van der Waals surface area contributed by atoms with Gasteiger partial charge in [-0.1, -0.05) is 12.2 Å². The van der Waals surface area contributed by atoms with Crippen LogP contribution in [0, 0.1) is 3.95 Å². The highest BCUT2D eigenvalue weighted by Crippen LogP contribution is 2.18. The predicted molar refractivity (Wildman–Crippen MR) is 43.9 cm³/mol. The number of H-pyrrole nitrogens is 1. The first-order valence-electron chi connectivity index (χ1n) is 2.11. The fourth-order valence-electron chi connectivity index (χ4n) is 0.412. The summed E-state index contributed by atoms with van der Waals surface area (Å²) in [4.78, 5) is 3.17. The number of hydrogen-bond acceptors (Lipinski definition) is 4. The third kappa shape index (κ3) is 1.35. The van der Waals surface area contributed by atoms with Gasteiger partial charge in [0.1, 0.15) is 4.88 Å². The van der Waals surface area contributed by atoms with Gasteiger partial charge in [0.25, 0.3) is 0 Å². The normalized spacial score (nSPS) is 9.33. The number of aromatic hydroxyl groups is 1. The lowest BCUT2D eigenvalue weighted by atomic mass is 10.6. The third-order valence-corrected chi connectivity index (χ3v) is 2.32. The molecule has 0 amide bonds. The first-order chi connectivity index (χ1) is 4.24. The Kier molecular flexibility index (Phi) is 1.94. The van der Waals surface area contributed by atoms with E-state index in [1.165, 1.54) is 16.7 Å². The lowest BCUT2D eigenvalue weighted by Gasteiger charge is -1.80. The Morgan fingerprint density at radius 1 is 1.67 bits per heavy atom. The number of aromatic nitrogens is 1. The molecule has 1 heterocycles. The van der Waals surface area contributed by atoms with Gasteiger partial charge >= 0.3 is 0 Å². The SMILES string of the molecule is Oc1[nH]c(=S)sc1C=S. The molecule has 0 spiro atoms. The van der Waals surface area contributed by atoms with E-state index >= 15 is 0 Å². The second-order valence-electron chi connectivity index (χ2n) is 1.35. The molecule has 9 heavy (non-hydrogen) atoms. The molecule has 0 unspecified atom stereocenters. The monoisotopic (exact) mass is 177 g/mol. The second-order valence-corrected chi connectivity index (χ2v) is 3.30. The van der Waals surface area contributed by atoms with Crippen molar-refractivity contribution in [1.82, 2.24) is 4.98 Å². The van der Waals surface area contributed by atoms with Crippen LogP contribution in [0.3, 0.4) is 0 Å². The first-order valence-corrected chi connectivity index (χ1v) is 3.81. The smallest absolute Gasteiger partial charge is 0.208 e. The van der Waals surface area contributed by atoms with Gasteiger partial charge in [-0.25, -0.2) is 0 Å². The summed E-state index contributed by atoms with van der Waals surface area (Å²) >= 11 is 10.6. The Balaban J connectivity index is 3.31. The van der Waals surface area contributed by atoms with Crippen LogP contribution in [0.25, 0.3) is 0 Å². The maximum absolute atomic E-state index is 8.92. The van der Waals surface area contributed by atoms with Crippen molar-refractivity contribution < 1.29 is 5.11 Å². The summed E-state index contributed by atoms with van der Waals surface area (Å²) in [5.41, 5.74) is 0. The van der Waals surface area contributed by atoms with Crippen molar-refractivity contribution in [3.05, 3.63) is 8.83 Å². The van der Waals surface area contributed by atoms with E-state index in [-0.39, 0.29) is 5.88 Å². The molecule has 2 N–H and O–H groups in total. The number of hydrogen-bond donors (Lipinski definition) is 2. The van der Waals surface area contributed by atoms with Crippen LogP contribution < -0.4 is 0 Å². The van der Waals surface area contributed by atoms with Gasteiger partial charge in [-0.05, 0) is 12.2 Å². The van der Waals surface area contributed by atoms with Crippen molar-refractivity contribution in [3.8, 4) is 5.88 Å². The minimum atomic E-state index is 0.0694. The van der Waals surface area contributed by atoms with Gasteiger partial charge in [0.2, 0.25) is 5.88 Å². The van der Waals surface area contributed by atoms with Gasteiger partial charge in [-0.15, -0.1) is 11.3 Å².